The summed E-state index contributed by atoms with van der Waals surface area (Å²) in [6, 6.07) is 12.0. The second kappa shape index (κ2) is 11.4. The summed E-state index contributed by atoms with van der Waals surface area (Å²) in [5.41, 5.74) is 2.07. The first kappa shape index (κ1) is 23.4. The molecule has 0 saturated carbocycles. The summed E-state index contributed by atoms with van der Waals surface area (Å²) in [6.07, 6.45) is 0. The number of anilines is 1. The molecule has 32 heavy (non-hydrogen) atoms. The summed E-state index contributed by atoms with van der Waals surface area (Å²) >= 11 is 0. The van der Waals surface area contributed by atoms with Crippen LogP contribution in [-0.2, 0) is 6.54 Å². The Labute approximate surface area is 190 Å². The third-order valence-electron chi connectivity index (χ3n) is 5.52. The lowest BCUT2D eigenvalue weighted by Crippen LogP contribution is -2.52. The summed E-state index contributed by atoms with van der Waals surface area (Å²) in [5.74, 6) is 3.66. The number of para-hydroxylation sites is 2. The predicted molar refractivity (Wildman–Crippen MR) is 128 cm³/mol. The standard InChI is InChI=1S/C24H34N4O4/c1-6-25-24(26-17-18-11-12-21(30-3)23(32-5)22(18)31-4)28-15-13-27(14-16-28)19-9-7-8-10-20(19)29-2/h7-12H,6,13-17H2,1-5H3,(H,25,26). The molecule has 0 radical (unpaired) electrons. The van der Waals surface area contributed by atoms with E-state index in [0.29, 0.717) is 23.8 Å². The van der Waals surface area contributed by atoms with Crippen molar-refractivity contribution in [3.63, 3.8) is 0 Å². The number of hydrogen-bond donors (Lipinski definition) is 1. The van der Waals surface area contributed by atoms with Gasteiger partial charge in [-0.2, -0.15) is 0 Å². The van der Waals surface area contributed by atoms with Crippen LogP contribution in [0, 0.1) is 0 Å². The molecule has 2 aromatic rings. The van der Waals surface area contributed by atoms with Gasteiger partial charge in [-0.25, -0.2) is 4.99 Å². The highest BCUT2D eigenvalue weighted by molar-refractivity contribution is 5.80. The Bertz CT molecular complexity index is 911. The lowest BCUT2D eigenvalue weighted by atomic mass is 10.1. The lowest BCUT2D eigenvalue weighted by molar-refractivity contribution is 0.322. The molecule has 8 nitrogen and oxygen atoms in total. The topological polar surface area (TPSA) is 67.8 Å². The number of piperazine rings is 1. The van der Waals surface area contributed by atoms with Crippen molar-refractivity contribution in [1.29, 1.82) is 0 Å². The Morgan fingerprint density at radius 2 is 1.53 bits per heavy atom. The van der Waals surface area contributed by atoms with E-state index in [1.54, 1.807) is 28.4 Å². The van der Waals surface area contributed by atoms with Crippen molar-refractivity contribution < 1.29 is 18.9 Å². The molecule has 1 fully saturated rings. The zero-order valence-corrected chi connectivity index (χ0v) is 19.7. The number of nitrogens with zero attached hydrogens (tertiary/aromatic N) is 3. The maximum atomic E-state index is 5.61. The molecule has 0 atom stereocenters. The smallest absolute Gasteiger partial charge is 0.203 e. The monoisotopic (exact) mass is 442 g/mol. The van der Waals surface area contributed by atoms with Crippen molar-refractivity contribution in [2.45, 2.75) is 13.5 Å². The molecule has 1 aliphatic heterocycles. The quantitative estimate of drug-likeness (QED) is 0.498. The van der Waals surface area contributed by atoms with E-state index in [-0.39, 0.29) is 0 Å². The Balaban J connectivity index is 1.74. The van der Waals surface area contributed by atoms with Crippen molar-refractivity contribution in [3.8, 4) is 23.0 Å². The summed E-state index contributed by atoms with van der Waals surface area (Å²) in [4.78, 5) is 9.54. The highest BCUT2D eigenvalue weighted by Gasteiger charge is 2.22. The number of rotatable bonds is 8. The van der Waals surface area contributed by atoms with Gasteiger partial charge in [0.1, 0.15) is 5.75 Å². The first-order valence-electron chi connectivity index (χ1n) is 10.9. The van der Waals surface area contributed by atoms with Crippen LogP contribution < -0.4 is 29.2 Å². The molecule has 0 amide bonds. The molecule has 0 bridgehead atoms. The van der Waals surface area contributed by atoms with Crippen LogP contribution in [0.4, 0.5) is 5.69 Å². The van der Waals surface area contributed by atoms with Crippen molar-refractivity contribution in [2.24, 2.45) is 4.99 Å². The predicted octanol–water partition coefficient (Wildman–Crippen LogP) is 3.01. The molecule has 3 rings (SSSR count). The molecule has 8 heteroatoms. The molecule has 0 unspecified atom stereocenters. The van der Waals surface area contributed by atoms with Gasteiger partial charge in [-0.1, -0.05) is 12.1 Å². The van der Waals surface area contributed by atoms with Gasteiger partial charge in [0, 0.05) is 38.3 Å². The van der Waals surface area contributed by atoms with E-state index in [0.717, 1.165) is 55.7 Å². The van der Waals surface area contributed by atoms with Crippen LogP contribution in [0.1, 0.15) is 12.5 Å². The fourth-order valence-corrected chi connectivity index (χ4v) is 3.92. The van der Waals surface area contributed by atoms with Crippen LogP contribution in [0.5, 0.6) is 23.0 Å². The fourth-order valence-electron chi connectivity index (χ4n) is 3.92. The number of benzene rings is 2. The SMILES string of the molecule is CCNC(=NCc1ccc(OC)c(OC)c1OC)N1CCN(c2ccccc2OC)CC1. The third-order valence-corrected chi connectivity index (χ3v) is 5.52. The minimum Gasteiger partial charge on any atom is -0.495 e. The molecule has 1 N–H and O–H groups in total. The molecule has 0 aromatic heterocycles. The highest BCUT2D eigenvalue weighted by Crippen LogP contribution is 2.40. The van der Waals surface area contributed by atoms with Gasteiger partial charge >= 0.3 is 0 Å². The maximum Gasteiger partial charge on any atom is 0.203 e. The van der Waals surface area contributed by atoms with Gasteiger partial charge in [0.05, 0.1) is 40.7 Å². The summed E-state index contributed by atoms with van der Waals surface area (Å²) in [7, 11) is 6.57. The van der Waals surface area contributed by atoms with Gasteiger partial charge in [0.25, 0.3) is 0 Å². The molecular formula is C24H34N4O4. The Morgan fingerprint density at radius 3 is 2.16 bits per heavy atom. The van der Waals surface area contributed by atoms with Crippen molar-refractivity contribution in [3.05, 3.63) is 42.0 Å². The minimum atomic E-state index is 0.471. The second-order valence-corrected chi connectivity index (χ2v) is 7.31. The molecule has 0 aliphatic carbocycles. The van der Waals surface area contributed by atoms with E-state index in [4.69, 9.17) is 23.9 Å². The van der Waals surface area contributed by atoms with E-state index in [1.807, 2.05) is 30.3 Å². The summed E-state index contributed by atoms with van der Waals surface area (Å²) in [5, 5.41) is 3.42. The van der Waals surface area contributed by atoms with Gasteiger partial charge in [-0.15, -0.1) is 0 Å². The summed E-state index contributed by atoms with van der Waals surface area (Å²) < 4.78 is 22.0. The van der Waals surface area contributed by atoms with Crippen LogP contribution >= 0.6 is 0 Å². The van der Waals surface area contributed by atoms with Crippen LogP contribution in [-0.4, -0.2) is 72.0 Å². The largest absolute Gasteiger partial charge is 0.495 e. The molecule has 1 saturated heterocycles. The number of aliphatic imine (C=N–C) groups is 1. The molecule has 0 spiro atoms. The maximum absolute atomic E-state index is 5.61. The van der Waals surface area contributed by atoms with E-state index in [1.165, 1.54) is 0 Å². The van der Waals surface area contributed by atoms with Crippen LogP contribution in [0.2, 0.25) is 0 Å². The first-order valence-corrected chi connectivity index (χ1v) is 10.9. The Morgan fingerprint density at radius 1 is 0.844 bits per heavy atom. The van der Waals surface area contributed by atoms with Gasteiger partial charge in [0.2, 0.25) is 5.75 Å². The van der Waals surface area contributed by atoms with Crippen LogP contribution in [0.15, 0.2) is 41.4 Å². The number of hydrogen-bond acceptors (Lipinski definition) is 6. The lowest BCUT2D eigenvalue weighted by Gasteiger charge is -2.38. The van der Waals surface area contributed by atoms with E-state index in [9.17, 15) is 0 Å². The second-order valence-electron chi connectivity index (χ2n) is 7.31. The van der Waals surface area contributed by atoms with Crippen molar-refractivity contribution >= 4 is 11.6 Å². The van der Waals surface area contributed by atoms with E-state index in [2.05, 4.69) is 28.1 Å². The molecule has 1 heterocycles. The summed E-state index contributed by atoms with van der Waals surface area (Å²) in [6.45, 7) is 6.87. The third kappa shape index (κ3) is 5.12. The van der Waals surface area contributed by atoms with Gasteiger partial charge in [0.15, 0.2) is 17.5 Å². The first-order chi connectivity index (χ1) is 15.7. The van der Waals surface area contributed by atoms with Crippen molar-refractivity contribution in [2.75, 3.05) is 66.1 Å². The van der Waals surface area contributed by atoms with E-state index >= 15 is 0 Å². The average molecular weight is 443 g/mol. The van der Waals surface area contributed by atoms with Gasteiger partial charge < -0.3 is 34.1 Å². The van der Waals surface area contributed by atoms with Crippen LogP contribution in [0.3, 0.4) is 0 Å². The zero-order valence-electron chi connectivity index (χ0n) is 19.7. The fraction of sp³-hybridized carbons (Fsp3) is 0.458. The molecular weight excluding hydrogens is 408 g/mol. The Hall–Kier alpha value is -3.29. The number of nitrogens with one attached hydrogen (secondary N) is 1. The zero-order chi connectivity index (χ0) is 22.9. The van der Waals surface area contributed by atoms with Gasteiger partial charge in [-0.05, 0) is 31.2 Å². The number of ether oxygens (including phenoxy) is 4. The normalized spacial score (nSPS) is 14.2. The van der Waals surface area contributed by atoms with Crippen molar-refractivity contribution in [1.82, 2.24) is 10.2 Å². The number of methoxy groups -OCH3 is 4. The molecule has 1 aliphatic rings. The minimum absolute atomic E-state index is 0.471. The average Bonchev–Trinajstić information content (AvgIpc) is 2.85. The van der Waals surface area contributed by atoms with Gasteiger partial charge in [-0.3, -0.25) is 0 Å². The molecule has 174 valence electrons. The molecule has 2 aromatic carbocycles. The van der Waals surface area contributed by atoms with E-state index < -0.39 is 0 Å². The highest BCUT2D eigenvalue weighted by atomic mass is 16.5. The Kier molecular flexibility index (Phi) is 8.30. The number of guanidine groups is 1. The van der Waals surface area contributed by atoms with Crippen LogP contribution in [0.25, 0.3) is 0 Å².